The monoisotopic (exact) mass is 336 g/mol. The van der Waals surface area contributed by atoms with E-state index in [-0.39, 0.29) is 11.4 Å². The lowest BCUT2D eigenvalue weighted by Crippen LogP contribution is -2.36. The molecule has 1 aromatic carbocycles. The van der Waals surface area contributed by atoms with E-state index in [1.165, 1.54) is 12.1 Å². The lowest BCUT2D eigenvalue weighted by molar-refractivity contribution is -0.133. The van der Waals surface area contributed by atoms with Crippen molar-refractivity contribution in [3.8, 4) is 0 Å². The minimum Gasteiger partial charge on any atom is -0.464 e. The van der Waals surface area contributed by atoms with Crippen LogP contribution in [0.25, 0.3) is 0 Å². The van der Waals surface area contributed by atoms with Crippen LogP contribution >= 0.6 is 11.6 Å². The molecule has 2 atom stereocenters. The van der Waals surface area contributed by atoms with Gasteiger partial charge in [0.15, 0.2) is 11.8 Å². The molecule has 0 aliphatic carbocycles. The Morgan fingerprint density at radius 1 is 1.35 bits per heavy atom. The Balaban J connectivity index is 2.05. The number of ether oxygens (including phenoxy) is 1. The molecule has 0 radical (unpaired) electrons. The number of amides is 2. The normalized spacial score (nSPS) is 23.0. The molecule has 2 aliphatic rings. The van der Waals surface area contributed by atoms with Gasteiger partial charge < -0.3 is 4.74 Å². The van der Waals surface area contributed by atoms with Crippen LogP contribution in [0.1, 0.15) is 0 Å². The van der Waals surface area contributed by atoms with Crippen molar-refractivity contribution < 1.29 is 19.1 Å². The Bertz CT molecular complexity index is 764. The van der Waals surface area contributed by atoms with Gasteiger partial charge in [-0.05, 0) is 18.2 Å². The van der Waals surface area contributed by atoms with Gasteiger partial charge in [-0.2, -0.15) is 0 Å². The second-order valence-electron chi connectivity index (χ2n) is 4.79. The van der Waals surface area contributed by atoms with Crippen LogP contribution in [0.15, 0.2) is 34.7 Å². The zero-order valence-electron chi connectivity index (χ0n) is 11.7. The molecule has 0 bridgehead atoms. The summed E-state index contributed by atoms with van der Waals surface area (Å²) in [5, 5.41) is 7.04. The highest BCUT2D eigenvalue weighted by molar-refractivity contribution is 6.46. The highest BCUT2D eigenvalue weighted by Gasteiger charge is 2.59. The van der Waals surface area contributed by atoms with Crippen molar-refractivity contribution in [3.05, 3.63) is 34.2 Å². The number of nitrogens with zero attached hydrogens (tertiary/aromatic N) is 4. The average Bonchev–Trinajstić information content (AvgIpc) is 3.04. The van der Waals surface area contributed by atoms with Gasteiger partial charge >= 0.3 is 5.97 Å². The summed E-state index contributed by atoms with van der Waals surface area (Å²) < 4.78 is 4.54. The van der Waals surface area contributed by atoms with Crippen LogP contribution in [0.5, 0.6) is 0 Å². The second kappa shape index (κ2) is 5.43. The van der Waals surface area contributed by atoms with Crippen molar-refractivity contribution in [2.45, 2.75) is 6.04 Å². The molecule has 2 heterocycles. The molecule has 3 rings (SSSR count). The molecular formula is C13H9ClN4O5. The molecule has 9 nitrogen and oxygen atoms in total. The number of hydrogen-bond donors (Lipinski definition) is 0. The molecule has 23 heavy (non-hydrogen) atoms. The Morgan fingerprint density at radius 2 is 2.09 bits per heavy atom. The van der Waals surface area contributed by atoms with Crippen LogP contribution in [0, 0.1) is 10.8 Å². The smallest absolute Gasteiger partial charge is 0.355 e. The number of anilines is 1. The molecule has 10 heteroatoms. The van der Waals surface area contributed by atoms with Crippen LogP contribution in [-0.2, 0) is 19.1 Å². The van der Waals surface area contributed by atoms with E-state index >= 15 is 0 Å². The third-order valence-electron chi connectivity index (χ3n) is 3.57. The number of benzene rings is 1. The fourth-order valence-electron chi connectivity index (χ4n) is 2.60. The van der Waals surface area contributed by atoms with E-state index in [1.54, 1.807) is 12.1 Å². The SMILES string of the molecule is COC(=O)C1=NN(N=O)[C@H]2C(=O)N(c3cccc(Cl)c3)C(=O)[C@@H]12. The van der Waals surface area contributed by atoms with Gasteiger partial charge in [-0.15, -0.1) is 15.1 Å². The standard InChI is InChI=1S/C13H9ClN4O5/c1-23-13(21)9-8-10(18(15-9)16-22)12(20)17(11(8)19)7-4-2-3-6(14)5-7/h2-5,8,10H,1H3/t8-,10+/m0/s1. The van der Waals surface area contributed by atoms with E-state index in [2.05, 4.69) is 15.1 Å². The molecule has 2 amide bonds. The lowest BCUT2D eigenvalue weighted by Gasteiger charge is -2.16. The molecule has 1 fully saturated rings. The van der Waals surface area contributed by atoms with Gasteiger partial charge in [0.25, 0.3) is 5.91 Å². The van der Waals surface area contributed by atoms with Gasteiger partial charge in [0.1, 0.15) is 5.92 Å². The maximum atomic E-state index is 12.6. The zero-order chi connectivity index (χ0) is 16.7. The highest BCUT2D eigenvalue weighted by Crippen LogP contribution is 2.36. The van der Waals surface area contributed by atoms with Crippen LogP contribution in [0.3, 0.4) is 0 Å². The van der Waals surface area contributed by atoms with E-state index in [0.29, 0.717) is 10.1 Å². The van der Waals surface area contributed by atoms with Crippen molar-refractivity contribution in [2.24, 2.45) is 16.3 Å². The van der Waals surface area contributed by atoms with E-state index < -0.39 is 29.7 Å². The number of rotatable bonds is 3. The molecule has 118 valence electrons. The second-order valence-corrected chi connectivity index (χ2v) is 5.23. The summed E-state index contributed by atoms with van der Waals surface area (Å²) in [5.41, 5.74) is -0.100. The van der Waals surface area contributed by atoms with Gasteiger partial charge in [-0.3, -0.25) is 9.59 Å². The summed E-state index contributed by atoms with van der Waals surface area (Å²) in [6, 6.07) is 4.78. The third kappa shape index (κ3) is 2.16. The van der Waals surface area contributed by atoms with Gasteiger partial charge in [0.2, 0.25) is 5.91 Å². The van der Waals surface area contributed by atoms with Gasteiger partial charge in [0, 0.05) is 5.02 Å². The molecular weight excluding hydrogens is 328 g/mol. The summed E-state index contributed by atoms with van der Waals surface area (Å²) in [6.45, 7) is 0. The van der Waals surface area contributed by atoms with Crippen molar-refractivity contribution >= 4 is 40.8 Å². The maximum Gasteiger partial charge on any atom is 0.355 e. The van der Waals surface area contributed by atoms with Gasteiger partial charge in [0.05, 0.1) is 18.1 Å². The summed E-state index contributed by atoms with van der Waals surface area (Å²) >= 11 is 5.87. The first-order valence-electron chi connectivity index (χ1n) is 6.42. The number of methoxy groups -OCH3 is 1. The number of hydrazone groups is 1. The van der Waals surface area contributed by atoms with Crippen molar-refractivity contribution in [1.82, 2.24) is 5.12 Å². The number of fused-ring (bicyclic) bond motifs is 1. The first kappa shape index (κ1) is 15.1. The molecule has 0 spiro atoms. The molecule has 0 aromatic heterocycles. The molecule has 1 saturated heterocycles. The molecule has 2 aliphatic heterocycles. The summed E-state index contributed by atoms with van der Waals surface area (Å²) in [7, 11) is 1.10. The average molecular weight is 337 g/mol. The maximum absolute atomic E-state index is 12.6. The van der Waals surface area contributed by atoms with E-state index in [9.17, 15) is 19.3 Å². The van der Waals surface area contributed by atoms with Crippen LogP contribution in [0.4, 0.5) is 5.69 Å². The minimum absolute atomic E-state index is 0.233. The summed E-state index contributed by atoms with van der Waals surface area (Å²) in [6.07, 6.45) is 0. The number of carbonyl (C=O) groups excluding carboxylic acids is 3. The topological polar surface area (TPSA) is 109 Å². The predicted octanol–water partition coefficient (Wildman–Crippen LogP) is 0.724. The zero-order valence-corrected chi connectivity index (χ0v) is 12.4. The number of nitroso groups, excluding NO2 is 1. The van der Waals surface area contributed by atoms with E-state index in [4.69, 9.17) is 11.6 Å². The Hall–Kier alpha value is -2.81. The first-order valence-corrected chi connectivity index (χ1v) is 6.80. The Morgan fingerprint density at radius 3 is 2.70 bits per heavy atom. The van der Waals surface area contributed by atoms with Crippen LogP contribution < -0.4 is 4.90 Å². The Labute approximate surface area is 134 Å². The molecule has 0 N–H and O–H groups in total. The Kier molecular flexibility index (Phi) is 3.57. The number of carbonyl (C=O) groups is 3. The fraction of sp³-hybridized carbons (Fsp3) is 0.231. The fourth-order valence-corrected chi connectivity index (χ4v) is 2.79. The van der Waals surface area contributed by atoms with Crippen molar-refractivity contribution in [2.75, 3.05) is 12.0 Å². The van der Waals surface area contributed by atoms with E-state index in [0.717, 1.165) is 12.0 Å². The summed E-state index contributed by atoms with van der Waals surface area (Å²) in [5.74, 6) is -3.56. The number of hydrogen-bond acceptors (Lipinski definition) is 7. The van der Waals surface area contributed by atoms with Crippen LogP contribution in [-0.4, -0.2) is 41.8 Å². The van der Waals surface area contributed by atoms with Crippen molar-refractivity contribution in [1.29, 1.82) is 0 Å². The largest absolute Gasteiger partial charge is 0.464 e. The molecule has 1 aromatic rings. The minimum atomic E-state index is -1.30. The number of esters is 1. The molecule has 0 unspecified atom stereocenters. The third-order valence-corrected chi connectivity index (χ3v) is 3.81. The highest BCUT2D eigenvalue weighted by atomic mass is 35.5. The molecule has 0 saturated carbocycles. The number of halogens is 1. The van der Waals surface area contributed by atoms with Crippen LogP contribution in [0.2, 0.25) is 5.02 Å². The van der Waals surface area contributed by atoms with E-state index in [1.807, 2.05) is 0 Å². The predicted molar refractivity (Wildman–Crippen MR) is 78.3 cm³/mol. The first-order chi connectivity index (χ1) is 11.0. The van der Waals surface area contributed by atoms with Gasteiger partial charge in [-0.1, -0.05) is 17.7 Å². The number of imide groups is 1. The quantitative estimate of drug-likeness (QED) is 0.457. The van der Waals surface area contributed by atoms with Crippen molar-refractivity contribution in [3.63, 3.8) is 0 Å². The summed E-state index contributed by atoms with van der Waals surface area (Å²) in [4.78, 5) is 48.6. The lowest BCUT2D eigenvalue weighted by atomic mass is 9.98. The van der Waals surface area contributed by atoms with Gasteiger partial charge in [-0.25, -0.2) is 9.69 Å².